The van der Waals surface area contributed by atoms with Crippen LogP contribution in [0.25, 0.3) is 11.5 Å². The Hall–Kier alpha value is -3.59. The standard InChI is InChI=1S/C16H13N7O2/c17-12(24)9-23(13-5-1-2-6-19-13)15-10(8-20-23)14(21-16(18)22-15)11-4-3-7-25-11/h1-8H,9H2,(H3-,17,18,20,21,22,24)/p+1. The van der Waals surface area contributed by atoms with Gasteiger partial charge >= 0.3 is 0 Å². The first-order valence-corrected chi connectivity index (χ1v) is 7.46. The van der Waals surface area contributed by atoms with Gasteiger partial charge in [0.15, 0.2) is 12.3 Å². The van der Waals surface area contributed by atoms with Crippen LogP contribution < -0.4 is 16.1 Å². The third-order valence-corrected chi connectivity index (χ3v) is 3.84. The maximum absolute atomic E-state index is 11.8. The number of pyridine rings is 1. The lowest BCUT2D eigenvalue weighted by Crippen LogP contribution is -2.45. The molecule has 9 nitrogen and oxygen atoms in total. The Bertz CT molecular complexity index is 970. The van der Waals surface area contributed by atoms with Crippen molar-refractivity contribution in [3.8, 4) is 11.5 Å². The number of anilines is 1. The highest BCUT2D eigenvalue weighted by atomic mass is 16.3. The highest BCUT2D eigenvalue weighted by Crippen LogP contribution is 2.41. The summed E-state index contributed by atoms with van der Waals surface area (Å²) in [6, 6.07) is 8.83. The topological polar surface area (TPSA) is 133 Å². The van der Waals surface area contributed by atoms with E-state index in [1.165, 1.54) is 6.26 Å². The first kappa shape index (κ1) is 15.0. The van der Waals surface area contributed by atoms with Crippen LogP contribution in [0.5, 0.6) is 0 Å². The van der Waals surface area contributed by atoms with Gasteiger partial charge in [-0.3, -0.25) is 4.79 Å². The molecule has 124 valence electrons. The number of furan rings is 1. The summed E-state index contributed by atoms with van der Waals surface area (Å²) in [6.45, 7) is -0.144. The molecule has 0 saturated heterocycles. The predicted octanol–water partition coefficient (Wildman–Crippen LogP) is 1.19. The highest BCUT2D eigenvalue weighted by molar-refractivity contribution is 5.99. The molecule has 0 saturated carbocycles. The Morgan fingerprint density at radius 3 is 2.76 bits per heavy atom. The van der Waals surface area contributed by atoms with Crippen LogP contribution in [-0.2, 0) is 4.79 Å². The molecular weight excluding hydrogens is 322 g/mol. The Kier molecular flexibility index (Phi) is 3.29. The number of rotatable bonds is 4. The van der Waals surface area contributed by atoms with Gasteiger partial charge in [-0.2, -0.15) is 4.98 Å². The van der Waals surface area contributed by atoms with Crippen molar-refractivity contribution in [3.63, 3.8) is 0 Å². The van der Waals surface area contributed by atoms with Crippen molar-refractivity contribution in [1.29, 1.82) is 0 Å². The van der Waals surface area contributed by atoms with Gasteiger partial charge in [-0.15, -0.1) is 0 Å². The molecule has 3 aromatic heterocycles. The van der Waals surface area contributed by atoms with Crippen molar-refractivity contribution in [3.05, 3.63) is 48.4 Å². The molecule has 9 heteroatoms. The van der Waals surface area contributed by atoms with Crippen molar-refractivity contribution in [2.45, 2.75) is 0 Å². The minimum Gasteiger partial charge on any atom is -0.463 e. The zero-order chi connectivity index (χ0) is 17.4. The molecule has 4 N–H and O–H groups in total. The van der Waals surface area contributed by atoms with Gasteiger partial charge in [0.25, 0.3) is 17.5 Å². The average Bonchev–Trinajstić information content (AvgIpc) is 3.24. The summed E-state index contributed by atoms with van der Waals surface area (Å²) in [4.78, 5) is 24.7. The zero-order valence-corrected chi connectivity index (χ0v) is 13.0. The Labute approximate surface area is 142 Å². The molecule has 1 aliphatic rings. The number of amides is 1. The van der Waals surface area contributed by atoms with E-state index in [1.54, 1.807) is 42.7 Å². The number of nitrogen functional groups attached to an aromatic ring is 1. The van der Waals surface area contributed by atoms with E-state index in [9.17, 15) is 4.79 Å². The Balaban J connectivity index is 1.98. The fraction of sp³-hybridized carbons (Fsp3) is 0.0625. The van der Waals surface area contributed by atoms with Crippen LogP contribution in [0, 0.1) is 0 Å². The van der Waals surface area contributed by atoms with Crippen molar-refractivity contribution in [1.82, 2.24) is 19.5 Å². The van der Waals surface area contributed by atoms with E-state index in [1.807, 2.05) is 0 Å². The highest BCUT2D eigenvalue weighted by Gasteiger charge is 2.46. The minimum absolute atomic E-state index is 0.0403. The van der Waals surface area contributed by atoms with Crippen LogP contribution >= 0.6 is 0 Å². The molecule has 1 amide bonds. The molecular formula is C16H14N7O2+. The van der Waals surface area contributed by atoms with Gasteiger partial charge in [0.05, 0.1) is 6.26 Å². The van der Waals surface area contributed by atoms with Gasteiger partial charge < -0.3 is 15.9 Å². The van der Waals surface area contributed by atoms with E-state index in [2.05, 4.69) is 20.1 Å². The molecule has 1 aliphatic heterocycles. The summed E-state index contributed by atoms with van der Waals surface area (Å²) in [6.07, 6.45) is 4.74. The van der Waals surface area contributed by atoms with E-state index < -0.39 is 5.91 Å². The molecule has 0 aliphatic carbocycles. The third kappa shape index (κ3) is 2.34. The second kappa shape index (κ2) is 5.49. The number of hydrogen-bond donors (Lipinski definition) is 2. The predicted molar refractivity (Wildman–Crippen MR) is 91.5 cm³/mol. The molecule has 0 fully saturated rings. The quantitative estimate of drug-likeness (QED) is 0.687. The second-order valence-corrected chi connectivity index (χ2v) is 5.47. The molecule has 4 heterocycles. The van der Waals surface area contributed by atoms with E-state index in [4.69, 9.17) is 15.9 Å². The SMILES string of the molecule is NC(=O)C[N+]1(c2ccccn2)N=Cc2c(-c3ccco3)nc(N)nc21. The number of carbonyl (C=O) groups excluding carboxylic acids is 1. The number of hydrogen-bond acceptors (Lipinski definition) is 7. The van der Waals surface area contributed by atoms with E-state index >= 15 is 0 Å². The average molecular weight is 336 g/mol. The van der Waals surface area contributed by atoms with Gasteiger partial charge in [-0.05, 0) is 18.2 Å². The lowest BCUT2D eigenvalue weighted by Gasteiger charge is -2.25. The summed E-state index contributed by atoms with van der Waals surface area (Å²) < 4.78 is 5.13. The van der Waals surface area contributed by atoms with E-state index in [0.717, 1.165) is 0 Å². The Morgan fingerprint density at radius 1 is 1.20 bits per heavy atom. The first-order valence-electron chi connectivity index (χ1n) is 7.46. The fourth-order valence-corrected chi connectivity index (χ4v) is 2.85. The number of aromatic nitrogens is 3. The minimum atomic E-state index is -0.549. The molecule has 0 spiro atoms. The molecule has 4 rings (SSSR count). The molecule has 25 heavy (non-hydrogen) atoms. The summed E-state index contributed by atoms with van der Waals surface area (Å²) in [5.41, 5.74) is 12.5. The molecule has 3 aromatic rings. The largest absolute Gasteiger partial charge is 0.463 e. The third-order valence-electron chi connectivity index (χ3n) is 3.84. The fourth-order valence-electron chi connectivity index (χ4n) is 2.85. The summed E-state index contributed by atoms with van der Waals surface area (Å²) >= 11 is 0. The number of fused-ring (bicyclic) bond motifs is 1. The monoisotopic (exact) mass is 336 g/mol. The molecule has 0 radical (unpaired) electrons. The molecule has 0 bridgehead atoms. The van der Waals surface area contributed by atoms with E-state index in [0.29, 0.717) is 28.7 Å². The number of primary amides is 1. The molecule has 1 unspecified atom stereocenters. The van der Waals surface area contributed by atoms with Crippen LogP contribution in [-0.4, -0.2) is 33.6 Å². The first-order chi connectivity index (χ1) is 12.1. The van der Waals surface area contributed by atoms with Crippen LogP contribution in [0.15, 0.2) is 52.3 Å². The molecule has 0 aromatic carbocycles. The van der Waals surface area contributed by atoms with Crippen LogP contribution in [0.4, 0.5) is 17.6 Å². The van der Waals surface area contributed by atoms with Crippen LogP contribution in [0.1, 0.15) is 5.56 Å². The van der Waals surface area contributed by atoms with E-state index in [-0.39, 0.29) is 17.1 Å². The Morgan fingerprint density at radius 2 is 2.08 bits per heavy atom. The number of carbonyl (C=O) groups is 1. The summed E-state index contributed by atoms with van der Waals surface area (Å²) in [7, 11) is 0. The second-order valence-electron chi connectivity index (χ2n) is 5.47. The smallest absolute Gasteiger partial charge is 0.276 e. The summed E-state index contributed by atoms with van der Waals surface area (Å²) in [5, 5.41) is 4.51. The maximum atomic E-state index is 11.8. The lowest BCUT2D eigenvalue weighted by atomic mass is 10.1. The van der Waals surface area contributed by atoms with Gasteiger partial charge in [-0.25, -0.2) is 9.97 Å². The van der Waals surface area contributed by atoms with Crippen LogP contribution in [0.3, 0.4) is 0 Å². The normalized spacial score (nSPS) is 18.2. The zero-order valence-electron chi connectivity index (χ0n) is 13.0. The summed E-state index contributed by atoms with van der Waals surface area (Å²) in [5.74, 6) is 0.944. The lowest BCUT2D eigenvalue weighted by molar-refractivity contribution is -0.118. The maximum Gasteiger partial charge on any atom is 0.276 e. The van der Waals surface area contributed by atoms with Gasteiger partial charge in [0.2, 0.25) is 5.95 Å². The van der Waals surface area contributed by atoms with Gasteiger partial charge in [0, 0.05) is 12.3 Å². The van der Waals surface area contributed by atoms with Crippen molar-refractivity contribution >= 4 is 29.7 Å². The molecule has 1 atom stereocenters. The van der Waals surface area contributed by atoms with Crippen molar-refractivity contribution in [2.75, 3.05) is 12.3 Å². The number of nitrogens with two attached hydrogens (primary N) is 2. The van der Waals surface area contributed by atoms with Crippen LogP contribution in [0.2, 0.25) is 0 Å². The van der Waals surface area contributed by atoms with Gasteiger partial charge in [0.1, 0.15) is 17.5 Å². The number of nitrogens with zero attached hydrogens (tertiary/aromatic N) is 5. The van der Waals surface area contributed by atoms with Crippen molar-refractivity contribution < 1.29 is 9.21 Å². The van der Waals surface area contributed by atoms with Crippen molar-refractivity contribution in [2.24, 2.45) is 10.8 Å². The van der Waals surface area contributed by atoms with Gasteiger partial charge in [-0.1, -0.05) is 15.8 Å². The number of quaternary nitrogens is 1.